The first-order chi connectivity index (χ1) is 10.2. The van der Waals surface area contributed by atoms with E-state index in [0.29, 0.717) is 6.54 Å². The van der Waals surface area contributed by atoms with E-state index in [2.05, 4.69) is 15.4 Å². The first-order valence-electron chi connectivity index (χ1n) is 6.50. The number of nitrogens with zero attached hydrogens (tertiary/aromatic N) is 3. The zero-order valence-corrected chi connectivity index (χ0v) is 12.4. The van der Waals surface area contributed by atoms with Crippen molar-refractivity contribution in [1.82, 2.24) is 14.8 Å². The van der Waals surface area contributed by atoms with Crippen LogP contribution >= 0.6 is 11.3 Å². The molecule has 108 valence electrons. The van der Waals surface area contributed by atoms with Crippen LogP contribution in [0.4, 0.5) is 5.69 Å². The van der Waals surface area contributed by atoms with E-state index in [0.717, 1.165) is 27.3 Å². The fourth-order valence-electron chi connectivity index (χ4n) is 2.12. The molecule has 0 bridgehead atoms. The van der Waals surface area contributed by atoms with E-state index in [1.807, 2.05) is 30.6 Å². The highest BCUT2D eigenvalue weighted by Gasteiger charge is 2.08. The van der Waals surface area contributed by atoms with Crippen molar-refractivity contribution >= 4 is 33.8 Å². The van der Waals surface area contributed by atoms with E-state index >= 15 is 0 Å². The molecule has 3 rings (SSSR count). The molecule has 1 amide bonds. The van der Waals surface area contributed by atoms with Gasteiger partial charge in [-0.05, 0) is 18.2 Å². The summed E-state index contributed by atoms with van der Waals surface area (Å²) in [6.45, 7) is 0.406. The number of nitrogens with one attached hydrogen (secondary N) is 1. The van der Waals surface area contributed by atoms with Gasteiger partial charge in [0.05, 0.1) is 23.8 Å². The summed E-state index contributed by atoms with van der Waals surface area (Å²) in [5.74, 6) is -0.0922. The van der Waals surface area contributed by atoms with Gasteiger partial charge in [0, 0.05) is 30.0 Å². The normalized spacial score (nSPS) is 11.0. The predicted molar refractivity (Wildman–Crippen MR) is 83.1 cm³/mol. The predicted octanol–water partition coefficient (Wildman–Crippen LogP) is 1.67. The molecule has 21 heavy (non-hydrogen) atoms. The van der Waals surface area contributed by atoms with Gasteiger partial charge in [-0.1, -0.05) is 0 Å². The van der Waals surface area contributed by atoms with Crippen LogP contribution in [-0.4, -0.2) is 20.7 Å². The number of aryl methyl sites for hydroxylation is 1. The first-order valence-corrected chi connectivity index (χ1v) is 7.38. The van der Waals surface area contributed by atoms with Crippen LogP contribution in [0.3, 0.4) is 0 Å². The third-order valence-corrected chi connectivity index (χ3v) is 4.07. The van der Waals surface area contributed by atoms with Gasteiger partial charge in [-0.2, -0.15) is 5.10 Å². The molecule has 0 radical (unpaired) electrons. The molecular weight excluding hydrogens is 286 g/mol. The number of hydrogen-bond donors (Lipinski definition) is 2. The smallest absolute Gasteiger partial charge is 0.230 e. The summed E-state index contributed by atoms with van der Waals surface area (Å²) in [5.41, 5.74) is 8.00. The second-order valence-corrected chi connectivity index (χ2v) is 5.65. The number of nitrogens with two attached hydrogens (primary N) is 1. The highest BCUT2D eigenvalue weighted by molar-refractivity contribution is 7.09. The SMILES string of the molecule is Cn1ncc2ccc(NC(=O)Cc3csc(CN)n3)cc21. The van der Waals surface area contributed by atoms with E-state index < -0.39 is 0 Å². The van der Waals surface area contributed by atoms with Crippen LogP contribution < -0.4 is 11.1 Å². The number of rotatable bonds is 4. The van der Waals surface area contributed by atoms with Gasteiger partial charge in [0.2, 0.25) is 5.91 Å². The second kappa shape index (κ2) is 5.63. The monoisotopic (exact) mass is 301 g/mol. The Labute approximate surface area is 125 Å². The highest BCUT2D eigenvalue weighted by atomic mass is 32.1. The fourth-order valence-corrected chi connectivity index (χ4v) is 2.79. The molecule has 0 atom stereocenters. The molecule has 6 nitrogen and oxygen atoms in total. The van der Waals surface area contributed by atoms with E-state index in [1.165, 1.54) is 11.3 Å². The lowest BCUT2D eigenvalue weighted by atomic mass is 10.2. The average Bonchev–Trinajstić information content (AvgIpc) is 3.06. The molecule has 0 aliphatic heterocycles. The summed E-state index contributed by atoms with van der Waals surface area (Å²) in [6, 6.07) is 5.72. The van der Waals surface area contributed by atoms with Crippen molar-refractivity contribution in [2.45, 2.75) is 13.0 Å². The van der Waals surface area contributed by atoms with Crippen LogP contribution in [0.15, 0.2) is 29.8 Å². The lowest BCUT2D eigenvalue weighted by Crippen LogP contribution is -2.14. The largest absolute Gasteiger partial charge is 0.326 e. The van der Waals surface area contributed by atoms with Gasteiger partial charge < -0.3 is 11.1 Å². The molecule has 2 aromatic heterocycles. The molecule has 7 heteroatoms. The van der Waals surface area contributed by atoms with Gasteiger partial charge in [0.1, 0.15) is 5.01 Å². The molecule has 0 spiro atoms. The number of carbonyl (C=O) groups is 1. The number of aromatic nitrogens is 3. The average molecular weight is 301 g/mol. The maximum Gasteiger partial charge on any atom is 0.230 e. The van der Waals surface area contributed by atoms with Gasteiger partial charge in [0.15, 0.2) is 0 Å². The van der Waals surface area contributed by atoms with Crippen LogP contribution in [0.1, 0.15) is 10.7 Å². The minimum atomic E-state index is -0.0922. The molecule has 1 aromatic carbocycles. The topological polar surface area (TPSA) is 85.8 Å². The summed E-state index contributed by atoms with van der Waals surface area (Å²) in [7, 11) is 1.87. The summed E-state index contributed by atoms with van der Waals surface area (Å²) in [5, 5.41) is 10.8. The van der Waals surface area contributed by atoms with Crippen molar-refractivity contribution in [2.75, 3.05) is 5.32 Å². The molecule has 0 aliphatic carbocycles. The standard InChI is InChI=1S/C14H15N5OS/c1-19-12-4-10(3-2-9(12)7-16-19)17-13(20)5-11-8-21-14(6-15)18-11/h2-4,7-8H,5-6,15H2,1H3,(H,17,20). The summed E-state index contributed by atoms with van der Waals surface area (Å²) < 4.78 is 1.78. The second-order valence-electron chi connectivity index (χ2n) is 4.70. The van der Waals surface area contributed by atoms with E-state index in [1.54, 1.807) is 10.9 Å². The lowest BCUT2D eigenvalue weighted by molar-refractivity contribution is -0.115. The number of hydrogen-bond acceptors (Lipinski definition) is 5. The molecule has 3 N–H and O–H groups in total. The van der Waals surface area contributed by atoms with Crippen LogP contribution in [0.2, 0.25) is 0 Å². The van der Waals surface area contributed by atoms with Crippen LogP contribution in [-0.2, 0) is 24.8 Å². The number of thiazole rings is 1. The Balaban J connectivity index is 1.71. The minimum Gasteiger partial charge on any atom is -0.326 e. The van der Waals surface area contributed by atoms with Crippen molar-refractivity contribution in [3.05, 3.63) is 40.5 Å². The third kappa shape index (κ3) is 2.93. The molecule has 0 saturated carbocycles. The summed E-state index contributed by atoms with van der Waals surface area (Å²) in [6.07, 6.45) is 2.05. The van der Waals surface area contributed by atoms with Gasteiger partial charge >= 0.3 is 0 Å². The van der Waals surface area contributed by atoms with Crippen molar-refractivity contribution in [3.63, 3.8) is 0 Å². The molecular formula is C14H15N5OS. The van der Waals surface area contributed by atoms with Crippen LogP contribution in [0.25, 0.3) is 10.9 Å². The van der Waals surface area contributed by atoms with Crippen LogP contribution in [0.5, 0.6) is 0 Å². The number of anilines is 1. The Morgan fingerprint density at radius 2 is 2.33 bits per heavy atom. The van der Waals surface area contributed by atoms with E-state index in [-0.39, 0.29) is 12.3 Å². The first kappa shape index (κ1) is 13.7. The maximum absolute atomic E-state index is 12.0. The maximum atomic E-state index is 12.0. The molecule has 0 fully saturated rings. The zero-order chi connectivity index (χ0) is 14.8. The van der Waals surface area contributed by atoms with E-state index in [9.17, 15) is 4.79 Å². The number of benzene rings is 1. The van der Waals surface area contributed by atoms with E-state index in [4.69, 9.17) is 5.73 Å². The molecule has 0 unspecified atom stereocenters. The van der Waals surface area contributed by atoms with Gasteiger partial charge in [-0.25, -0.2) is 4.98 Å². The third-order valence-electron chi connectivity index (χ3n) is 3.15. The Morgan fingerprint density at radius 1 is 1.48 bits per heavy atom. The number of fused-ring (bicyclic) bond motifs is 1. The Bertz CT molecular complexity index is 792. The van der Waals surface area contributed by atoms with Gasteiger partial charge in [-0.15, -0.1) is 11.3 Å². The fraction of sp³-hybridized carbons (Fsp3) is 0.214. The molecule has 2 heterocycles. The molecule has 3 aromatic rings. The minimum absolute atomic E-state index is 0.0922. The molecule has 0 saturated heterocycles. The Hall–Kier alpha value is -2.25. The Morgan fingerprint density at radius 3 is 3.10 bits per heavy atom. The number of carbonyl (C=O) groups excluding carboxylic acids is 1. The van der Waals surface area contributed by atoms with Gasteiger partial charge in [0.25, 0.3) is 0 Å². The Kier molecular flexibility index (Phi) is 3.68. The quantitative estimate of drug-likeness (QED) is 0.767. The van der Waals surface area contributed by atoms with Crippen LogP contribution in [0, 0.1) is 0 Å². The van der Waals surface area contributed by atoms with Crippen molar-refractivity contribution in [1.29, 1.82) is 0 Å². The molecule has 0 aliphatic rings. The van der Waals surface area contributed by atoms with Gasteiger partial charge in [-0.3, -0.25) is 9.48 Å². The number of amides is 1. The van der Waals surface area contributed by atoms with Crippen molar-refractivity contribution in [2.24, 2.45) is 12.8 Å². The van der Waals surface area contributed by atoms with Crippen molar-refractivity contribution < 1.29 is 4.79 Å². The summed E-state index contributed by atoms with van der Waals surface area (Å²) >= 11 is 1.48. The lowest BCUT2D eigenvalue weighted by Gasteiger charge is -2.04. The van der Waals surface area contributed by atoms with Crippen molar-refractivity contribution in [3.8, 4) is 0 Å². The highest BCUT2D eigenvalue weighted by Crippen LogP contribution is 2.18. The zero-order valence-electron chi connectivity index (χ0n) is 11.5. The summed E-state index contributed by atoms with van der Waals surface area (Å²) in [4.78, 5) is 16.3.